The summed E-state index contributed by atoms with van der Waals surface area (Å²) in [5.74, 6) is -0.0629. The van der Waals surface area contributed by atoms with Crippen LogP contribution in [0.5, 0.6) is 5.75 Å². The van der Waals surface area contributed by atoms with Gasteiger partial charge in [-0.25, -0.2) is 9.18 Å². The van der Waals surface area contributed by atoms with Crippen LogP contribution in [0.1, 0.15) is 5.56 Å². The Labute approximate surface area is 120 Å². The van der Waals surface area contributed by atoms with Crippen LogP contribution in [-0.4, -0.2) is 16.2 Å². The number of hydrogen-bond donors (Lipinski definition) is 1. The summed E-state index contributed by atoms with van der Waals surface area (Å²) in [4.78, 5) is 23.6. The van der Waals surface area contributed by atoms with Crippen LogP contribution in [0.4, 0.5) is 10.1 Å². The number of nitrogens with one attached hydrogen (secondary N) is 1. The number of aromatic nitrogens is 2. The van der Waals surface area contributed by atoms with Crippen molar-refractivity contribution in [3.05, 3.63) is 56.6 Å². The standard InChI is InChI=1S/C14H16FN3O3/c1-17-8-9(13(19)18(2)14(17)20)7-16-11-5-4-10(15)6-12(11)21-3/h4-6,8,16H,7H2,1-3H3. The molecule has 0 fully saturated rings. The Morgan fingerprint density at radius 3 is 2.67 bits per heavy atom. The van der Waals surface area contributed by atoms with E-state index in [9.17, 15) is 14.0 Å². The van der Waals surface area contributed by atoms with Crippen LogP contribution >= 0.6 is 0 Å². The van der Waals surface area contributed by atoms with E-state index in [1.165, 1.54) is 43.1 Å². The van der Waals surface area contributed by atoms with Gasteiger partial charge in [-0.2, -0.15) is 0 Å². The Morgan fingerprint density at radius 2 is 2.00 bits per heavy atom. The first-order chi connectivity index (χ1) is 9.93. The van der Waals surface area contributed by atoms with E-state index >= 15 is 0 Å². The molecule has 0 aliphatic rings. The number of methoxy groups -OCH3 is 1. The van der Waals surface area contributed by atoms with E-state index in [1.807, 2.05) is 0 Å². The molecule has 0 aliphatic carbocycles. The van der Waals surface area contributed by atoms with Crippen LogP contribution in [0, 0.1) is 5.82 Å². The molecule has 0 spiro atoms. The molecule has 0 bridgehead atoms. The average Bonchev–Trinajstić information content (AvgIpc) is 2.48. The first kappa shape index (κ1) is 14.8. The molecule has 1 aromatic heterocycles. The molecule has 1 aromatic carbocycles. The van der Waals surface area contributed by atoms with Crippen molar-refractivity contribution >= 4 is 5.69 Å². The van der Waals surface area contributed by atoms with E-state index in [0.29, 0.717) is 17.0 Å². The van der Waals surface area contributed by atoms with Gasteiger partial charge in [0.1, 0.15) is 11.6 Å². The number of nitrogens with zero attached hydrogens (tertiary/aromatic N) is 2. The van der Waals surface area contributed by atoms with Gasteiger partial charge in [0.2, 0.25) is 0 Å². The summed E-state index contributed by atoms with van der Waals surface area (Å²) in [7, 11) is 4.43. The van der Waals surface area contributed by atoms with Gasteiger partial charge in [0, 0.05) is 32.9 Å². The van der Waals surface area contributed by atoms with Gasteiger partial charge in [-0.1, -0.05) is 0 Å². The summed E-state index contributed by atoms with van der Waals surface area (Å²) < 4.78 is 20.6. The van der Waals surface area contributed by atoms with Gasteiger partial charge in [-0.15, -0.1) is 0 Å². The number of hydrogen-bond acceptors (Lipinski definition) is 4. The second-order valence-electron chi connectivity index (χ2n) is 4.61. The van der Waals surface area contributed by atoms with E-state index in [4.69, 9.17) is 4.74 Å². The molecular weight excluding hydrogens is 277 g/mol. The first-order valence-electron chi connectivity index (χ1n) is 6.27. The maximum absolute atomic E-state index is 13.1. The quantitative estimate of drug-likeness (QED) is 0.907. The summed E-state index contributed by atoms with van der Waals surface area (Å²) in [5, 5.41) is 3.00. The van der Waals surface area contributed by atoms with E-state index < -0.39 is 5.82 Å². The minimum absolute atomic E-state index is 0.197. The SMILES string of the molecule is COc1cc(F)ccc1NCc1cn(C)c(=O)n(C)c1=O. The van der Waals surface area contributed by atoms with Crippen LogP contribution in [0.3, 0.4) is 0 Å². The van der Waals surface area contributed by atoms with Gasteiger partial charge in [0.15, 0.2) is 0 Å². The Morgan fingerprint density at radius 1 is 1.29 bits per heavy atom. The highest BCUT2D eigenvalue weighted by atomic mass is 19.1. The lowest BCUT2D eigenvalue weighted by Crippen LogP contribution is -2.38. The third-order valence-electron chi connectivity index (χ3n) is 3.15. The number of anilines is 1. The highest BCUT2D eigenvalue weighted by Crippen LogP contribution is 2.25. The molecule has 0 aliphatic heterocycles. The fourth-order valence-electron chi connectivity index (χ4n) is 2.01. The molecule has 0 unspecified atom stereocenters. The van der Waals surface area contributed by atoms with Crippen LogP contribution in [-0.2, 0) is 20.6 Å². The van der Waals surface area contributed by atoms with Gasteiger partial charge in [-0.05, 0) is 12.1 Å². The predicted octanol–water partition coefficient (Wildman–Crippen LogP) is 0.844. The molecule has 0 radical (unpaired) electrons. The highest BCUT2D eigenvalue weighted by Gasteiger charge is 2.09. The van der Waals surface area contributed by atoms with Crippen molar-refractivity contribution in [2.45, 2.75) is 6.54 Å². The molecule has 0 saturated carbocycles. The van der Waals surface area contributed by atoms with Crippen molar-refractivity contribution in [3.8, 4) is 5.75 Å². The van der Waals surface area contributed by atoms with E-state index in [2.05, 4.69) is 5.32 Å². The third kappa shape index (κ3) is 2.96. The largest absolute Gasteiger partial charge is 0.494 e. The zero-order valence-electron chi connectivity index (χ0n) is 12.0. The van der Waals surface area contributed by atoms with Crippen LogP contribution < -0.4 is 21.3 Å². The number of rotatable bonds is 4. The maximum Gasteiger partial charge on any atom is 0.330 e. The molecule has 7 heteroatoms. The van der Waals surface area contributed by atoms with E-state index in [1.54, 1.807) is 7.05 Å². The zero-order chi connectivity index (χ0) is 15.6. The van der Waals surface area contributed by atoms with Crippen LogP contribution in [0.15, 0.2) is 34.0 Å². The van der Waals surface area contributed by atoms with Crippen molar-refractivity contribution in [2.24, 2.45) is 14.1 Å². The van der Waals surface area contributed by atoms with E-state index in [-0.39, 0.29) is 17.8 Å². The van der Waals surface area contributed by atoms with E-state index in [0.717, 1.165) is 4.57 Å². The fraction of sp³-hybridized carbons (Fsp3) is 0.286. The van der Waals surface area contributed by atoms with Crippen molar-refractivity contribution < 1.29 is 9.13 Å². The molecule has 0 saturated heterocycles. The maximum atomic E-state index is 13.1. The van der Waals surface area contributed by atoms with Crippen molar-refractivity contribution in [1.29, 1.82) is 0 Å². The predicted molar refractivity (Wildman–Crippen MR) is 77.2 cm³/mol. The minimum atomic E-state index is -0.407. The smallest absolute Gasteiger partial charge is 0.330 e. The van der Waals surface area contributed by atoms with Gasteiger partial charge in [-0.3, -0.25) is 9.36 Å². The fourth-order valence-corrected chi connectivity index (χ4v) is 2.01. The molecule has 0 atom stereocenters. The summed E-state index contributed by atoms with van der Waals surface area (Å²) in [6.07, 6.45) is 1.48. The second kappa shape index (κ2) is 5.82. The van der Waals surface area contributed by atoms with Gasteiger partial charge < -0.3 is 14.6 Å². The zero-order valence-corrected chi connectivity index (χ0v) is 12.0. The molecule has 1 N–H and O–H groups in total. The normalized spacial score (nSPS) is 10.5. The van der Waals surface area contributed by atoms with Crippen molar-refractivity contribution in [1.82, 2.24) is 9.13 Å². The lowest BCUT2D eigenvalue weighted by atomic mass is 10.2. The number of ether oxygens (including phenoxy) is 1. The monoisotopic (exact) mass is 293 g/mol. The van der Waals surface area contributed by atoms with Gasteiger partial charge in [0.05, 0.1) is 18.4 Å². The molecule has 112 valence electrons. The summed E-state index contributed by atoms with van der Waals surface area (Å²) in [6.45, 7) is 0.197. The summed E-state index contributed by atoms with van der Waals surface area (Å²) >= 11 is 0. The van der Waals surface area contributed by atoms with Gasteiger partial charge in [0.25, 0.3) is 5.56 Å². The minimum Gasteiger partial charge on any atom is -0.494 e. The number of halogens is 1. The Hall–Kier alpha value is -2.57. The van der Waals surface area contributed by atoms with Crippen LogP contribution in [0.2, 0.25) is 0 Å². The van der Waals surface area contributed by atoms with Crippen LogP contribution in [0.25, 0.3) is 0 Å². The Balaban J connectivity index is 2.29. The molecule has 2 aromatic rings. The molecule has 0 amide bonds. The molecule has 2 rings (SSSR count). The topological polar surface area (TPSA) is 65.3 Å². The summed E-state index contributed by atoms with van der Waals surface area (Å²) in [6, 6.07) is 4.07. The van der Waals surface area contributed by atoms with Gasteiger partial charge >= 0.3 is 5.69 Å². The summed E-state index contributed by atoms with van der Waals surface area (Å²) in [5.41, 5.74) is 0.232. The molecule has 1 heterocycles. The number of aryl methyl sites for hydroxylation is 1. The molecule has 6 nitrogen and oxygen atoms in total. The molecule has 21 heavy (non-hydrogen) atoms. The van der Waals surface area contributed by atoms with Crippen molar-refractivity contribution in [3.63, 3.8) is 0 Å². The highest BCUT2D eigenvalue weighted by molar-refractivity contribution is 5.56. The third-order valence-corrected chi connectivity index (χ3v) is 3.15. The second-order valence-corrected chi connectivity index (χ2v) is 4.61. The molecular formula is C14H16FN3O3. The average molecular weight is 293 g/mol. The van der Waals surface area contributed by atoms with Crippen molar-refractivity contribution in [2.75, 3.05) is 12.4 Å². The first-order valence-corrected chi connectivity index (χ1v) is 6.27. The Kier molecular flexibility index (Phi) is 4.11. The lowest BCUT2D eigenvalue weighted by molar-refractivity contribution is 0.413. The number of benzene rings is 1. The lowest BCUT2D eigenvalue weighted by Gasteiger charge is -2.12. The Bertz CT molecular complexity index is 780.